The van der Waals surface area contributed by atoms with Crippen LogP contribution in [0.1, 0.15) is 50.0 Å². The molecule has 1 atom stereocenters. The van der Waals surface area contributed by atoms with E-state index < -0.39 is 0 Å². The fraction of sp³-hybridized carbons (Fsp3) is 0.619. The van der Waals surface area contributed by atoms with Crippen molar-refractivity contribution in [3.8, 4) is 0 Å². The van der Waals surface area contributed by atoms with E-state index in [1.807, 2.05) is 45.0 Å². The van der Waals surface area contributed by atoms with E-state index in [1.54, 1.807) is 0 Å². The lowest BCUT2D eigenvalue weighted by molar-refractivity contribution is 0.0266. The average molecular weight is 504 g/mol. The van der Waals surface area contributed by atoms with Crippen molar-refractivity contribution in [1.82, 2.24) is 16.0 Å². The van der Waals surface area contributed by atoms with Gasteiger partial charge in [-0.15, -0.1) is 24.0 Å². The van der Waals surface area contributed by atoms with Gasteiger partial charge in [0.1, 0.15) is 0 Å². The number of amides is 1. The van der Waals surface area contributed by atoms with E-state index >= 15 is 0 Å². The van der Waals surface area contributed by atoms with Crippen LogP contribution in [0.25, 0.3) is 0 Å². The van der Waals surface area contributed by atoms with E-state index in [0.29, 0.717) is 31.1 Å². The summed E-state index contributed by atoms with van der Waals surface area (Å²) in [7, 11) is 0. The maximum atomic E-state index is 12.1. The van der Waals surface area contributed by atoms with Crippen LogP contribution in [-0.4, -0.2) is 50.8 Å². The Morgan fingerprint density at radius 1 is 1.14 bits per heavy atom. The Kier molecular flexibility index (Phi) is 14.8. The Labute approximate surface area is 187 Å². The third kappa shape index (κ3) is 10.8. The fourth-order valence-corrected chi connectivity index (χ4v) is 2.71. The predicted molar refractivity (Wildman–Crippen MR) is 128 cm³/mol. The Hall–Kier alpha value is -1.35. The molecule has 1 aromatic rings. The second-order valence-electron chi connectivity index (χ2n) is 6.84. The number of hydrogen-bond acceptors (Lipinski definition) is 3. The topological polar surface area (TPSA) is 74.8 Å². The Bertz CT molecular complexity index is 594. The molecule has 0 aliphatic rings. The minimum Gasteiger partial charge on any atom is -0.378 e. The molecule has 0 aliphatic carbocycles. The molecule has 0 radical (unpaired) electrons. The summed E-state index contributed by atoms with van der Waals surface area (Å²) < 4.78 is 5.76. The van der Waals surface area contributed by atoms with Gasteiger partial charge >= 0.3 is 0 Å². The van der Waals surface area contributed by atoms with Gasteiger partial charge in [0.25, 0.3) is 5.91 Å². The van der Waals surface area contributed by atoms with Crippen LogP contribution in [-0.2, 0) is 4.74 Å². The molecular weight excluding hydrogens is 467 g/mol. The average Bonchev–Trinajstić information content (AvgIpc) is 2.64. The first-order valence-corrected chi connectivity index (χ1v) is 9.96. The minimum atomic E-state index is -0.0565. The number of aliphatic imine (C=N–C) groups is 1. The second-order valence-corrected chi connectivity index (χ2v) is 6.84. The number of ether oxygens (including phenoxy) is 1. The van der Waals surface area contributed by atoms with E-state index in [1.165, 1.54) is 0 Å². The van der Waals surface area contributed by atoms with Gasteiger partial charge in [-0.05, 0) is 45.2 Å². The van der Waals surface area contributed by atoms with Crippen molar-refractivity contribution < 1.29 is 9.53 Å². The number of aryl methyl sites for hydroxylation is 1. The lowest BCUT2D eigenvalue weighted by Gasteiger charge is -2.20. The predicted octanol–water partition coefficient (Wildman–Crippen LogP) is 3.35. The summed E-state index contributed by atoms with van der Waals surface area (Å²) in [5, 5.41) is 9.41. The molecule has 28 heavy (non-hydrogen) atoms. The molecule has 0 bridgehead atoms. The molecule has 160 valence electrons. The molecule has 1 amide bonds. The number of nitrogens with zero attached hydrogens (tertiary/aromatic N) is 1. The van der Waals surface area contributed by atoms with Crippen molar-refractivity contribution in [1.29, 1.82) is 0 Å². The monoisotopic (exact) mass is 504 g/mol. The highest BCUT2D eigenvalue weighted by molar-refractivity contribution is 14.0. The number of carbonyl (C=O) groups is 1. The van der Waals surface area contributed by atoms with Crippen LogP contribution in [0.2, 0.25) is 0 Å². The van der Waals surface area contributed by atoms with Gasteiger partial charge in [0.05, 0.1) is 6.10 Å². The van der Waals surface area contributed by atoms with Crippen LogP contribution >= 0.6 is 24.0 Å². The van der Waals surface area contributed by atoms with Gasteiger partial charge in [0, 0.05) is 38.3 Å². The van der Waals surface area contributed by atoms with Crippen LogP contribution in [0.3, 0.4) is 0 Å². The summed E-state index contributed by atoms with van der Waals surface area (Å²) in [6.07, 6.45) is 1.13. The zero-order valence-electron chi connectivity index (χ0n) is 17.9. The third-order valence-electron chi connectivity index (χ3n) is 4.14. The molecule has 0 spiro atoms. The summed E-state index contributed by atoms with van der Waals surface area (Å²) in [5.74, 6) is 1.19. The first kappa shape index (κ1) is 26.6. The van der Waals surface area contributed by atoms with Gasteiger partial charge in [-0.3, -0.25) is 9.79 Å². The van der Waals surface area contributed by atoms with E-state index in [0.717, 1.165) is 31.1 Å². The standard InChI is InChI=1S/C21H36N4O2.HI/c1-6-22-21(24-12-11-19(16(3)4)27-7-2)25-14-13-23-20(26)18-10-8-9-17(5)15-18;/h8-10,15-16,19H,6-7,11-14H2,1-5H3,(H,23,26)(H2,22,24,25);1H. The van der Waals surface area contributed by atoms with Gasteiger partial charge in [0.2, 0.25) is 0 Å². The minimum absolute atomic E-state index is 0. The molecule has 1 rings (SSSR count). The van der Waals surface area contributed by atoms with E-state index in [9.17, 15) is 4.79 Å². The van der Waals surface area contributed by atoms with Crippen molar-refractivity contribution in [3.05, 3.63) is 35.4 Å². The maximum absolute atomic E-state index is 12.1. The molecular formula is C21H37IN4O2. The lowest BCUT2D eigenvalue weighted by atomic mass is 10.0. The molecule has 0 fully saturated rings. The van der Waals surface area contributed by atoms with Gasteiger partial charge in [0.15, 0.2) is 5.96 Å². The SMILES string of the molecule is CCNC(=NCCC(OCC)C(C)C)NCCNC(=O)c1cccc(C)c1.I. The lowest BCUT2D eigenvalue weighted by Crippen LogP contribution is -2.41. The van der Waals surface area contributed by atoms with Gasteiger partial charge < -0.3 is 20.7 Å². The summed E-state index contributed by atoms with van der Waals surface area (Å²) >= 11 is 0. The molecule has 0 aromatic heterocycles. The van der Waals surface area contributed by atoms with Gasteiger partial charge in [-0.25, -0.2) is 0 Å². The molecule has 0 saturated heterocycles. The Balaban J connectivity index is 0.00000729. The zero-order valence-corrected chi connectivity index (χ0v) is 20.2. The number of guanidine groups is 1. The maximum Gasteiger partial charge on any atom is 0.251 e. The van der Waals surface area contributed by atoms with Crippen molar-refractivity contribution >= 4 is 35.8 Å². The van der Waals surface area contributed by atoms with Crippen molar-refractivity contribution in [2.45, 2.75) is 47.1 Å². The number of carbonyl (C=O) groups excluding carboxylic acids is 1. The highest BCUT2D eigenvalue weighted by Crippen LogP contribution is 2.10. The first-order valence-electron chi connectivity index (χ1n) is 9.96. The van der Waals surface area contributed by atoms with Gasteiger partial charge in [-0.2, -0.15) is 0 Å². The van der Waals surface area contributed by atoms with E-state index in [2.05, 4.69) is 34.8 Å². The smallest absolute Gasteiger partial charge is 0.251 e. The molecule has 1 aromatic carbocycles. The van der Waals surface area contributed by atoms with Crippen molar-refractivity contribution in [2.24, 2.45) is 10.9 Å². The van der Waals surface area contributed by atoms with Crippen LogP contribution in [0.4, 0.5) is 0 Å². The van der Waals surface area contributed by atoms with Crippen LogP contribution in [0, 0.1) is 12.8 Å². The Morgan fingerprint density at radius 2 is 1.86 bits per heavy atom. The molecule has 1 unspecified atom stereocenters. The van der Waals surface area contributed by atoms with Crippen LogP contribution in [0.5, 0.6) is 0 Å². The summed E-state index contributed by atoms with van der Waals surface area (Å²) in [5.41, 5.74) is 1.76. The van der Waals surface area contributed by atoms with Crippen molar-refractivity contribution in [3.63, 3.8) is 0 Å². The Morgan fingerprint density at radius 3 is 2.46 bits per heavy atom. The van der Waals surface area contributed by atoms with E-state index in [-0.39, 0.29) is 36.0 Å². The fourth-order valence-electron chi connectivity index (χ4n) is 2.71. The number of benzene rings is 1. The summed E-state index contributed by atoms with van der Waals surface area (Å²) in [4.78, 5) is 16.7. The molecule has 6 nitrogen and oxygen atoms in total. The van der Waals surface area contributed by atoms with Crippen molar-refractivity contribution in [2.75, 3.05) is 32.8 Å². The molecule has 0 saturated carbocycles. The number of hydrogen-bond donors (Lipinski definition) is 3. The third-order valence-corrected chi connectivity index (χ3v) is 4.14. The number of rotatable bonds is 11. The largest absolute Gasteiger partial charge is 0.378 e. The normalized spacial score (nSPS) is 12.3. The molecule has 0 heterocycles. The molecule has 3 N–H and O–H groups in total. The van der Waals surface area contributed by atoms with E-state index in [4.69, 9.17) is 4.74 Å². The zero-order chi connectivity index (χ0) is 20.1. The highest BCUT2D eigenvalue weighted by atomic mass is 127. The summed E-state index contributed by atoms with van der Waals surface area (Å²) in [6.45, 7) is 13.7. The van der Waals surface area contributed by atoms with Gasteiger partial charge in [-0.1, -0.05) is 31.5 Å². The summed E-state index contributed by atoms with van der Waals surface area (Å²) in [6, 6.07) is 7.58. The highest BCUT2D eigenvalue weighted by Gasteiger charge is 2.12. The van der Waals surface area contributed by atoms with Crippen LogP contribution in [0.15, 0.2) is 29.3 Å². The quantitative estimate of drug-likeness (QED) is 0.187. The molecule has 0 aliphatic heterocycles. The first-order chi connectivity index (χ1) is 13.0. The molecule has 7 heteroatoms. The number of nitrogens with one attached hydrogen (secondary N) is 3. The van der Waals surface area contributed by atoms with Crippen LogP contribution < -0.4 is 16.0 Å². The number of halogens is 1. The second kappa shape index (κ2) is 15.6.